The van der Waals surface area contributed by atoms with Crippen molar-refractivity contribution < 1.29 is 13.6 Å². The molecule has 0 heterocycles. The molecule has 0 aliphatic heterocycles. The van der Waals surface area contributed by atoms with Crippen molar-refractivity contribution in [2.24, 2.45) is 11.5 Å². The number of carbonyl (C=O) groups is 1. The minimum Gasteiger partial charge on any atom is -0.370 e. The predicted molar refractivity (Wildman–Crippen MR) is 52.1 cm³/mol. The van der Waals surface area contributed by atoms with Crippen LogP contribution in [0.15, 0.2) is 12.1 Å². The Bertz CT molecular complexity index is 375. The first kappa shape index (κ1) is 11.9. The molecule has 1 amide bonds. The van der Waals surface area contributed by atoms with Crippen molar-refractivity contribution in [3.63, 3.8) is 0 Å². The van der Waals surface area contributed by atoms with Crippen LogP contribution >= 0.6 is 11.6 Å². The van der Waals surface area contributed by atoms with Crippen LogP contribution in [-0.4, -0.2) is 5.91 Å². The van der Waals surface area contributed by atoms with Gasteiger partial charge in [-0.2, -0.15) is 0 Å². The fraction of sp³-hybridized carbons (Fsp3) is 0.222. The van der Waals surface area contributed by atoms with Gasteiger partial charge in [0.05, 0.1) is 0 Å². The van der Waals surface area contributed by atoms with E-state index in [0.717, 1.165) is 12.1 Å². The Labute approximate surface area is 90.0 Å². The number of primary amides is 1. The van der Waals surface area contributed by atoms with Gasteiger partial charge >= 0.3 is 0 Å². The van der Waals surface area contributed by atoms with Gasteiger partial charge in [-0.15, -0.1) is 0 Å². The molecule has 0 radical (unpaired) electrons. The Morgan fingerprint density at radius 1 is 1.40 bits per heavy atom. The van der Waals surface area contributed by atoms with E-state index in [2.05, 4.69) is 0 Å². The lowest BCUT2D eigenvalue weighted by molar-refractivity contribution is -0.118. The predicted octanol–water partition coefficient (Wildman–Crippen LogP) is 1.49. The molecule has 0 saturated carbocycles. The van der Waals surface area contributed by atoms with E-state index in [1.165, 1.54) is 0 Å². The lowest BCUT2D eigenvalue weighted by Gasteiger charge is -2.12. The first-order valence-corrected chi connectivity index (χ1v) is 4.48. The maximum Gasteiger partial charge on any atom is 0.219 e. The molecule has 0 saturated heterocycles. The Kier molecular flexibility index (Phi) is 3.60. The number of benzene rings is 1. The quantitative estimate of drug-likeness (QED) is 0.832. The van der Waals surface area contributed by atoms with Gasteiger partial charge in [0.15, 0.2) is 0 Å². The van der Waals surface area contributed by atoms with Crippen molar-refractivity contribution in [2.75, 3.05) is 0 Å². The van der Waals surface area contributed by atoms with Gasteiger partial charge in [0.2, 0.25) is 5.91 Å². The largest absolute Gasteiger partial charge is 0.370 e. The van der Waals surface area contributed by atoms with Crippen LogP contribution in [0.3, 0.4) is 0 Å². The molecule has 0 fully saturated rings. The summed E-state index contributed by atoms with van der Waals surface area (Å²) in [5.41, 5.74) is 9.92. The van der Waals surface area contributed by atoms with Crippen LogP contribution in [0.2, 0.25) is 5.02 Å². The summed E-state index contributed by atoms with van der Waals surface area (Å²) in [6.45, 7) is 0. The fourth-order valence-electron chi connectivity index (χ4n) is 1.23. The molecule has 15 heavy (non-hydrogen) atoms. The zero-order valence-corrected chi connectivity index (χ0v) is 8.39. The van der Waals surface area contributed by atoms with Gasteiger partial charge in [-0.05, 0) is 12.1 Å². The molecule has 82 valence electrons. The topological polar surface area (TPSA) is 69.1 Å². The molecule has 0 aliphatic carbocycles. The van der Waals surface area contributed by atoms with Gasteiger partial charge in [-0.3, -0.25) is 4.79 Å². The van der Waals surface area contributed by atoms with Crippen LogP contribution in [0.1, 0.15) is 18.0 Å². The Morgan fingerprint density at radius 3 is 2.27 bits per heavy atom. The number of hydrogen-bond donors (Lipinski definition) is 2. The number of nitrogens with two attached hydrogens (primary N) is 2. The number of rotatable bonds is 3. The summed E-state index contributed by atoms with van der Waals surface area (Å²) < 4.78 is 26.5. The monoisotopic (exact) mass is 234 g/mol. The highest BCUT2D eigenvalue weighted by molar-refractivity contribution is 6.30. The first-order chi connectivity index (χ1) is 6.91. The van der Waals surface area contributed by atoms with Crippen LogP contribution in [0.4, 0.5) is 8.78 Å². The van der Waals surface area contributed by atoms with Crippen LogP contribution in [0.25, 0.3) is 0 Å². The summed E-state index contributed by atoms with van der Waals surface area (Å²) in [6, 6.07) is 0.765. The van der Waals surface area contributed by atoms with Crippen LogP contribution in [-0.2, 0) is 4.79 Å². The number of hydrogen-bond acceptors (Lipinski definition) is 2. The van der Waals surface area contributed by atoms with E-state index in [1.807, 2.05) is 0 Å². The van der Waals surface area contributed by atoms with Crippen LogP contribution in [0, 0.1) is 11.6 Å². The van der Waals surface area contributed by atoms with Gasteiger partial charge in [0, 0.05) is 23.0 Å². The van der Waals surface area contributed by atoms with Gasteiger partial charge in [0.1, 0.15) is 11.6 Å². The molecule has 1 rings (SSSR count). The summed E-state index contributed by atoms with van der Waals surface area (Å²) in [5, 5.41) is -0.0694. The number of carbonyl (C=O) groups excluding carboxylic acids is 1. The first-order valence-electron chi connectivity index (χ1n) is 4.10. The molecule has 0 spiro atoms. The molecular formula is C9H9ClF2N2O. The van der Waals surface area contributed by atoms with Gasteiger partial charge < -0.3 is 11.5 Å². The average Bonchev–Trinajstić information content (AvgIpc) is 1.99. The van der Waals surface area contributed by atoms with Gasteiger partial charge in [-0.1, -0.05) is 11.6 Å². The van der Waals surface area contributed by atoms with Crippen molar-refractivity contribution in [3.05, 3.63) is 34.4 Å². The lowest BCUT2D eigenvalue weighted by Crippen LogP contribution is -2.22. The maximum atomic E-state index is 13.3. The highest BCUT2D eigenvalue weighted by Crippen LogP contribution is 2.24. The van der Waals surface area contributed by atoms with E-state index in [0.29, 0.717) is 0 Å². The van der Waals surface area contributed by atoms with E-state index < -0.39 is 23.6 Å². The molecule has 4 N–H and O–H groups in total. The second kappa shape index (κ2) is 4.55. The van der Waals surface area contributed by atoms with E-state index >= 15 is 0 Å². The molecule has 3 nitrogen and oxygen atoms in total. The Morgan fingerprint density at radius 2 is 1.87 bits per heavy atom. The van der Waals surface area contributed by atoms with E-state index in [9.17, 15) is 13.6 Å². The molecule has 1 atom stereocenters. The molecule has 1 aromatic carbocycles. The molecular weight excluding hydrogens is 226 g/mol. The third kappa shape index (κ3) is 2.87. The van der Waals surface area contributed by atoms with Crippen molar-refractivity contribution in [3.8, 4) is 0 Å². The van der Waals surface area contributed by atoms with Crippen molar-refractivity contribution in [2.45, 2.75) is 12.5 Å². The Hall–Kier alpha value is -1.20. The molecule has 1 unspecified atom stereocenters. The lowest BCUT2D eigenvalue weighted by atomic mass is 10.0. The zero-order chi connectivity index (χ0) is 11.6. The summed E-state index contributed by atoms with van der Waals surface area (Å²) in [7, 11) is 0. The zero-order valence-electron chi connectivity index (χ0n) is 7.64. The fourth-order valence-corrected chi connectivity index (χ4v) is 1.42. The minimum absolute atomic E-state index is 0.0694. The van der Waals surface area contributed by atoms with E-state index in [4.69, 9.17) is 23.1 Å². The second-order valence-corrected chi connectivity index (χ2v) is 3.50. The number of amides is 1. The summed E-state index contributed by atoms with van der Waals surface area (Å²) in [6.07, 6.45) is -0.324. The third-order valence-electron chi connectivity index (χ3n) is 1.84. The van der Waals surface area contributed by atoms with Crippen molar-refractivity contribution in [1.82, 2.24) is 0 Å². The number of halogens is 3. The highest BCUT2D eigenvalue weighted by Gasteiger charge is 2.19. The summed E-state index contributed by atoms with van der Waals surface area (Å²) in [5.74, 6) is -2.49. The molecule has 0 aliphatic rings. The molecule has 1 aromatic rings. The standard InChI is InChI=1S/C9H9ClF2N2O/c10-4-1-5(11)9(6(12)2-4)7(13)3-8(14)15/h1-2,7H,3,13H2,(H2,14,15). The molecule has 0 bridgehead atoms. The van der Waals surface area contributed by atoms with E-state index in [-0.39, 0.29) is 17.0 Å². The summed E-state index contributed by atoms with van der Waals surface area (Å²) in [4.78, 5) is 10.5. The summed E-state index contributed by atoms with van der Waals surface area (Å²) >= 11 is 5.42. The van der Waals surface area contributed by atoms with E-state index in [1.54, 1.807) is 0 Å². The van der Waals surface area contributed by atoms with Crippen LogP contribution in [0.5, 0.6) is 0 Å². The Balaban J connectivity index is 3.08. The van der Waals surface area contributed by atoms with Crippen molar-refractivity contribution in [1.29, 1.82) is 0 Å². The molecule has 0 aromatic heterocycles. The average molecular weight is 235 g/mol. The maximum absolute atomic E-state index is 13.3. The SMILES string of the molecule is NC(=O)CC(N)c1c(F)cc(Cl)cc1F. The minimum atomic E-state index is -1.10. The van der Waals surface area contributed by atoms with Gasteiger partial charge in [-0.25, -0.2) is 8.78 Å². The smallest absolute Gasteiger partial charge is 0.219 e. The van der Waals surface area contributed by atoms with Crippen LogP contribution < -0.4 is 11.5 Å². The third-order valence-corrected chi connectivity index (χ3v) is 2.05. The molecule has 6 heteroatoms. The van der Waals surface area contributed by atoms with Crippen molar-refractivity contribution >= 4 is 17.5 Å². The van der Waals surface area contributed by atoms with Gasteiger partial charge in [0.25, 0.3) is 0 Å². The normalized spacial score (nSPS) is 12.5. The highest BCUT2D eigenvalue weighted by atomic mass is 35.5. The second-order valence-electron chi connectivity index (χ2n) is 3.06.